The largest absolute Gasteiger partial charge is 0.399 e. The van der Waals surface area contributed by atoms with Crippen molar-refractivity contribution >= 4 is 29.6 Å². The first-order valence-electron chi connectivity index (χ1n) is 11.9. The highest BCUT2D eigenvalue weighted by Gasteiger charge is 2.22. The zero-order chi connectivity index (χ0) is 24.2. The molecular weight excluding hydrogens is 432 g/mol. The standard InChI is InChI=1S/C30H28N4O/c1-20-7-5-6-10-22(20)13-18-28(35)34-30-27(16-11-21-8-3-2-4-9-21)32-29-25-15-14-24(31)19-23(25)12-17-26(29)33-30/h2-11,14-16,19H,12-13,17-18,31H2,1H3,(H,33,34,35)/b16-11+. The number of nitrogens with one attached hydrogen (secondary N) is 1. The summed E-state index contributed by atoms with van der Waals surface area (Å²) in [6, 6.07) is 24.1. The van der Waals surface area contributed by atoms with Crippen LogP contribution < -0.4 is 11.1 Å². The Balaban J connectivity index is 1.46. The fourth-order valence-corrected chi connectivity index (χ4v) is 4.46. The summed E-state index contributed by atoms with van der Waals surface area (Å²) in [5, 5.41) is 3.04. The summed E-state index contributed by atoms with van der Waals surface area (Å²) >= 11 is 0. The highest BCUT2D eigenvalue weighted by Crippen LogP contribution is 2.34. The van der Waals surface area contributed by atoms with Gasteiger partial charge in [-0.15, -0.1) is 0 Å². The Morgan fingerprint density at radius 2 is 1.77 bits per heavy atom. The molecule has 0 aliphatic heterocycles. The lowest BCUT2D eigenvalue weighted by Gasteiger charge is -2.20. The molecule has 1 heterocycles. The predicted octanol–water partition coefficient (Wildman–Crippen LogP) is 5.87. The number of fused-ring (bicyclic) bond motifs is 3. The quantitative estimate of drug-likeness (QED) is 0.352. The number of rotatable bonds is 6. The van der Waals surface area contributed by atoms with Gasteiger partial charge in [0.05, 0.1) is 11.4 Å². The first kappa shape index (κ1) is 22.5. The van der Waals surface area contributed by atoms with Crippen molar-refractivity contribution < 1.29 is 4.79 Å². The van der Waals surface area contributed by atoms with Crippen LogP contribution in [0, 0.1) is 6.92 Å². The summed E-state index contributed by atoms with van der Waals surface area (Å²) in [5.74, 6) is 0.436. The van der Waals surface area contributed by atoms with Gasteiger partial charge in [0.2, 0.25) is 5.91 Å². The van der Waals surface area contributed by atoms with Crippen molar-refractivity contribution in [3.05, 3.63) is 106 Å². The molecule has 5 heteroatoms. The van der Waals surface area contributed by atoms with Crippen LogP contribution in [-0.4, -0.2) is 15.9 Å². The van der Waals surface area contributed by atoms with Gasteiger partial charge in [-0.1, -0.05) is 66.7 Å². The van der Waals surface area contributed by atoms with Crippen molar-refractivity contribution in [2.24, 2.45) is 0 Å². The second kappa shape index (κ2) is 9.94. The third kappa shape index (κ3) is 5.14. The maximum absolute atomic E-state index is 12.9. The minimum Gasteiger partial charge on any atom is -0.399 e. The molecule has 0 saturated carbocycles. The Morgan fingerprint density at radius 3 is 2.60 bits per heavy atom. The number of aromatic nitrogens is 2. The van der Waals surface area contributed by atoms with Gasteiger partial charge in [0.25, 0.3) is 0 Å². The molecule has 0 radical (unpaired) electrons. The minimum absolute atomic E-state index is 0.0687. The van der Waals surface area contributed by atoms with Crippen LogP contribution in [0.4, 0.5) is 11.5 Å². The highest BCUT2D eigenvalue weighted by atomic mass is 16.1. The van der Waals surface area contributed by atoms with Gasteiger partial charge in [-0.3, -0.25) is 4.79 Å². The first-order chi connectivity index (χ1) is 17.1. The molecule has 0 unspecified atom stereocenters. The van der Waals surface area contributed by atoms with E-state index in [2.05, 4.69) is 24.4 Å². The number of hydrogen-bond donors (Lipinski definition) is 2. The topological polar surface area (TPSA) is 80.9 Å². The molecule has 1 aliphatic carbocycles. The average Bonchev–Trinajstić information content (AvgIpc) is 2.87. The SMILES string of the molecule is Cc1ccccc1CCC(=O)Nc1nc2c(nc1/C=C/c1ccccc1)-c1ccc(N)cc1CC2. The van der Waals surface area contributed by atoms with E-state index in [1.54, 1.807) is 0 Å². The van der Waals surface area contributed by atoms with Crippen molar-refractivity contribution in [3.8, 4) is 11.3 Å². The molecule has 3 N–H and O–H groups in total. The summed E-state index contributed by atoms with van der Waals surface area (Å²) in [4.78, 5) is 22.8. The predicted molar refractivity (Wildman–Crippen MR) is 143 cm³/mol. The van der Waals surface area contributed by atoms with Crippen molar-refractivity contribution in [1.82, 2.24) is 9.97 Å². The Hall–Kier alpha value is -4.25. The number of hydrogen-bond acceptors (Lipinski definition) is 4. The zero-order valence-electron chi connectivity index (χ0n) is 19.8. The number of aryl methyl sites for hydroxylation is 4. The lowest BCUT2D eigenvalue weighted by Crippen LogP contribution is -2.18. The van der Waals surface area contributed by atoms with Gasteiger partial charge in [-0.25, -0.2) is 9.97 Å². The Kier molecular flexibility index (Phi) is 6.40. The second-order valence-corrected chi connectivity index (χ2v) is 8.89. The Morgan fingerprint density at radius 1 is 0.971 bits per heavy atom. The fourth-order valence-electron chi connectivity index (χ4n) is 4.46. The molecule has 0 atom stereocenters. The molecule has 0 saturated heterocycles. The number of carbonyl (C=O) groups is 1. The number of nitrogens with zero attached hydrogens (tertiary/aromatic N) is 2. The van der Waals surface area contributed by atoms with Crippen molar-refractivity contribution in [1.29, 1.82) is 0 Å². The third-order valence-electron chi connectivity index (χ3n) is 6.38. The van der Waals surface area contributed by atoms with E-state index in [-0.39, 0.29) is 5.91 Å². The summed E-state index contributed by atoms with van der Waals surface area (Å²) in [6.07, 6.45) is 6.58. The maximum atomic E-state index is 12.9. The van der Waals surface area contributed by atoms with E-state index in [4.69, 9.17) is 15.7 Å². The van der Waals surface area contributed by atoms with Crippen LogP contribution in [0.2, 0.25) is 0 Å². The fraction of sp³-hybridized carbons (Fsp3) is 0.167. The van der Waals surface area contributed by atoms with Crippen molar-refractivity contribution in [3.63, 3.8) is 0 Å². The molecule has 0 spiro atoms. The number of benzene rings is 3. The molecule has 3 aromatic carbocycles. The number of nitrogens with two attached hydrogens (primary N) is 1. The monoisotopic (exact) mass is 460 g/mol. The molecule has 174 valence electrons. The van der Waals surface area contributed by atoms with E-state index < -0.39 is 0 Å². The van der Waals surface area contributed by atoms with Crippen LogP contribution in [0.3, 0.4) is 0 Å². The van der Waals surface area contributed by atoms with Crippen LogP contribution in [-0.2, 0) is 24.1 Å². The first-order valence-corrected chi connectivity index (χ1v) is 11.9. The molecule has 0 fully saturated rings. The number of carbonyl (C=O) groups excluding carboxylic acids is 1. The van der Waals surface area contributed by atoms with Crippen molar-refractivity contribution in [2.75, 3.05) is 11.1 Å². The van der Waals surface area contributed by atoms with Crippen LogP contribution >= 0.6 is 0 Å². The molecule has 4 aromatic rings. The Labute approximate surface area is 205 Å². The van der Waals surface area contributed by atoms with Gasteiger partial charge in [-0.05, 0) is 66.6 Å². The van der Waals surface area contributed by atoms with E-state index in [0.29, 0.717) is 24.4 Å². The average molecular weight is 461 g/mol. The summed E-state index contributed by atoms with van der Waals surface area (Å²) < 4.78 is 0. The molecular formula is C30H28N4O. The molecule has 1 aliphatic rings. The lowest BCUT2D eigenvalue weighted by molar-refractivity contribution is -0.116. The Bertz CT molecular complexity index is 1410. The molecule has 35 heavy (non-hydrogen) atoms. The van der Waals surface area contributed by atoms with E-state index in [0.717, 1.165) is 41.0 Å². The molecule has 1 amide bonds. The van der Waals surface area contributed by atoms with Gasteiger partial charge in [-0.2, -0.15) is 0 Å². The minimum atomic E-state index is -0.0687. The van der Waals surface area contributed by atoms with Gasteiger partial charge in [0, 0.05) is 17.7 Å². The normalized spacial score (nSPS) is 12.3. The van der Waals surface area contributed by atoms with Gasteiger partial charge in [0.1, 0.15) is 5.69 Å². The van der Waals surface area contributed by atoms with Crippen LogP contribution in [0.1, 0.15) is 40.1 Å². The third-order valence-corrected chi connectivity index (χ3v) is 6.38. The maximum Gasteiger partial charge on any atom is 0.225 e. The van der Waals surface area contributed by atoms with Crippen LogP contribution in [0.25, 0.3) is 23.4 Å². The number of amides is 1. The van der Waals surface area contributed by atoms with Gasteiger partial charge < -0.3 is 11.1 Å². The smallest absolute Gasteiger partial charge is 0.225 e. The zero-order valence-corrected chi connectivity index (χ0v) is 19.8. The molecule has 5 rings (SSSR count). The summed E-state index contributed by atoms with van der Waals surface area (Å²) in [7, 11) is 0. The number of anilines is 2. The molecule has 1 aromatic heterocycles. The van der Waals surface area contributed by atoms with E-state index in [1.807, 2.05) is 72.8 Å². The summed E-state index contributed by atoms with van der Waals surface area (Å²) in [6.45, 7) is 2.07. The number of nitrogen functional groups attached to an aromatic ring is 1. The van der Waals surface area contributed by atoms with Crippen LogP contribution in [0.15, 0.2) is 72.8 Å². The van der Waals surface area contributed by atoms with Crippen LogP contribution in [0.5, 0.6) is 0 Å². The van der Waals surface area contributed by atoms with E-state index >= 15 is 0 Å². The van der Waals surface area contributed by atoms with Gasteiger partial charge >= 0.3 is 0 Å². The highest BCUT2D eigenvalue weighted by molar-refractivity contribution is 5.92. The molecule has 0 bridgehead atoms. The van der Waals surface area contributed by atoms with E-state index in [9.17, 15) is 4.79 Å². The van der Waals surface area contributed by atoms with Crippen molar-refractivity contribution in [2.45, 2.75) is 32.6 Å². The lowest BCUT2D eigenvalue weighted by atomic mass is 9.91. The van der Waals surface area contributed by atoms with Gasteiger partial charge in [0.15, 0.2) is 5.82 Å². The molecule has 5 nitrogen and oxygen atoms in total. The second-order valence-electron chi connectivity index (χ2n) is 8.89. The van der Waals surface area contributed by atoms with E-state index in [1.165, 1.54) is 16.7 Å². The summed E-state index contributed by atoms with van der Waals surface area (Å²) in [5.41, 5.74) is 14.8.